The van der Waals surface area contributed by atoms with Crippen LogP contribution in [0.15, 0.2) is 72.8 Å². The predicted molar refractivity (Wildman–Crippen MR) is 110 cm³/mol. The molecule has 154 valence electrons. The van der Waals surface area contributed by atoms with E-state index in [0.29, 0.717) is 38.3 Å². The van der Waals surface area contributed by atoms with Crippen LogP contribution in [-0.4, -0.2) is 47.7 Å². The minimum absolute atomic E-state index is 0.0137. The minimum Gasteiger partial charge on any atom is -0.478 e. The van der Waals surface area contributed by atoms with Crippen molar-refractivity contribution >= 4 is 23.5 Å². The zero-order valence-corrected chi connectivity index (χ0v) is 15.9. The molecule has 0 unspecified atom stereocenters. The van der Waals surface area contributed by atoms with Gasteiger partial charge in [-0.15, -0.1) is 0 Å². The highest BCUT2D eigenvalue weighted by molar-refractivity contribution is 5.89. The average Bonchev–Trinajstić information content (AvgIpc) is 2.72. The van der Waals surface area contributed by atoms with Crippen LogP contribution in [0.2, 0.25) is 0 Å². The van der Waals surface area contributed by atoms with Crippen LogP contribution in [0.4, 0.5) is 5.69 Å². The van der Waals surface area contributed by atoms with Crippen molar-refractivity contribution in [1.82, 2.24) is 5.32 Å². The van der Waals surface area contributed by atoms with Gasteiger partial charge in [-0.1, -0.05) is 48.5 Å². The lowest BCUT2D eigenvalue weighted by Gasteiger charge is -2.24. The van der Waals surface area contributed by atoms with Crippen LogP contribution < -0.4 is 16.0 Å². The fourth-order valence-electron chi connectivity index (χ4n) is 2.26. The lowest BCUT2D eigenvalue weighted by molar-refractivity contribution is -0.134. The summed E-state index contributed by atoms with van der Waals surface area (Å²) in [6.45, 7) is 1.97. The molecule has 0 saturated carbocycles. The van der Waals surface area contributed by atoms with Crippen LogP contribution in [0.25, 0.3) is 0 Å². The van der Waals surface area contributed by atoms with Gasteiger partial charge in [0.1, 0.15) is 0 Å². The first-order chi connectivity index (χ1) is 13.9. The van der Waals surface area contributed by atoms with E-state index in [4.69, 9.17) is 15.9 Å². The number of nitrogens with one attached hydrogen (secondary N) is 1. The fourth-order valence-corrected chi connectivity index (χ4v) is 2.26. The molecule has 0 fully saturated rings. The molecule has 0 bridgehead atoms. The Morgan fingerprint density at radius 1 is 0.897 bits per heavy atom. The molecule has 5 N–H and O–H groups in total. The number of para-hydroxylation sites is 1. The summed E-state index contributed by atoms with van der Waals surface area (Å²) < 4.78 is 0. The number of nitrogens with two attached hydrogens (primary N) is 1. The van der Waals surface area contributed by atoms with E-state index in [2.05, 4.69) is 22.3 Å². The maximum Gasteiger partial charge on any atom is 0.328 e. The van der Waals surface area contributed by atoms with Gasteiger partial charge in [0.05, 0.1) is 6.54 Å². The molecule has 0 radical (unpaired) electrons. The molecule has 2 aromatic rings. The molecule has 0 saturated heterocycles. The maximum absolute atomic E-state index is 12.0. The summed E-state index contributed by atoms with van der Waals surface area (Å²) in [6.07, 6.45) is 1.12. The van der Waals surface area contributed by atoms with Gasteiger partial charge in [0.25, 0.3) is 0 Å². The molecule has 8 nitrogen and oxygen atoms in total. The summed E-state index contributed by atoms with van der Waals surface area (Å²) in [4.78, 5) is 33.1. The van der Waals surface area contributed by atoms with Crippen molar-refractivity contribution in [3.05, 3.63) is 78.4 Å². The number of carbonyl (C=O) groups is 3. The number of anilines is 1. The average molecular weight is 399 g/mol. The summed E-state index contributed by atoms with van der Waals surface area (Å²) >= 11 is 0. The maximum atomic E-state index is 12.0. The third-order valence-corrected chi connectivity index (χ3v) is 3.51. The van der Waals surface area contributed by atoms with Crippen LogP contribution >= 0.6 is 0 Å². The Morgan fingerprint density at radius 2 is 1.41 bits per heavy atom. The number of benzene rings is 2. The Kier molecular flexibility index (Phi) is 10.9. The van der Waals surface area contributed by atoms with E-state index in [1.54, 1.807) is 0 Å². The highest BCUT2D eigenvalue weighted by Gasteiger charge is 2.11. The zero-order valence-electron chi connectivity index (χ0n) is 15.9. The van der Waals surface area contributed by atoms with Crippen molar-refractivity contribution in [1.29, 1.82) is 0 Å². The first-order valence-electron chi connectivity index (χ1n) is 8.87. The summed E-state index contributed by atoms with van der Waals surface area (Å²) in [7, 11) is 0. The Bertz CT molecular complexity index is 778. The summed E-state index contributed by atoms with van der Waals surface area (Å²) in [5, 5.41) is 18.4. The number of hydrogen-bond donors (Lipinski definition) is 4. The molecule has 0 aromatic heterocycles. The molecule has 2 rings (SSSR count). The highest BCUT2D eigenvalue weighted by Crippen LogP contribution is 2.16. The van der Waals surface area contributed by atoms with Crippen molar-refractivity contribution in [2.24, 2.45) is 5.73 Å². The summed E-state index contributed by atoms with van der Waals surface area (Å²) in [5.74, 6) is -2.53. The Balaban J connectivity index is 0.000000447. The molecule has 1 amide bonds. The molecule has 0 spiro atoms. The van der Waals surface area contributed by atoms with Gasteiger partial charge in [0.2, 0.25) is 5.91 Å². The quantitative estimate of drug-likeness (QED) is 0.469. The number of rotatable bonds is 9. The smallest absolute Gasteiger partial charge is 0.328 e. The number of amides is 1. The van der Waals surface area contributed by atoms with Crippen LogP contribution in [-0.2, 0) is 20.9 Å². The zero-order chi connectivity index (χ0) is 21.5. The van der Waals surface area contributed by atoms with Gasteiger partial charge in [-0.25, -0.2) is 9.59 Å². The number of nitrogens with zero attached hydrogens (tertiary/aromatic N) is 1. The summed E-state index contributed by atoms with van der Waals surface area (Å²) in [6, 6.07) is 20.1. The minimum atomic E-state index is -1.26. The first kappa shape index (κ1) is 23.4. The fraction of sp³-hybridized carbons (Fsp3) is 0.190. The molecule has 0 heterocycles. The number of carboxylic acids is 2. The number of aliphatic carboxylic acids is 2. The number of hydrogen-bond acceptors (Lipinski definition) is 5. The lowest BCUT2D eigenvalue weighted by atomic mass is 10.2. The Morgan fingerprint density at radius 3 is 1.90 bits per heavy atom. The van der Waals surface area contributed by atoms with E-state index in [1.807, 2.05) is 48.5 Å². The Hall–Kier alpha value is -3.65. The van der Waals surface area contributed by atoms with Crippen molar-refractivity contribution < 1.29 is 24.6 Å². The van der Waals surface area contributed by atoms with Gasteiger partial charge in [-0.2, -0.15) is 0 Å². The molecule has 29 heavy (non-hydrogen) atoms. The second kappa shape index (κ2) is 13.5. The van der Waals surface area contributed by atoms with Crippen molar-refractivity contribution in [3.8, 4) is 0 Å². The van der Waals surface area contributed by atoms with Crippen molar-refractivity contribution in [2.45, 2.75) is 6.54 Å². The number of carbonyl (C=O) groups excluding carboxylic acids is 1. The third-order valence-electron chi connectivity index (χ3n) is 3.51. The second-order valence-corrected chi connectivity index (χ2v) is 5.83. The van der Waals surface area contributed by atoms with Gasteiger partial charge < -0.3 is 26.2 Å². The second-order valence-electron chi connectivity index (χ2n) is 5.83. The lowest BCUT2D eigenvalue weighted by Crippen LogP contribution is -2.38. The predicted octanol–water partition coefficient (Wildman–Crippen LogP) is 1.48. The number of carboxylic acid groups (broad SMARTS) is 2. The van der Waals surface area contributed by atoms with Gasteiger partial charge in [-0.05, 0) is 17.7 Å². The molecular formula is C21H25N3O5. The first-order valence-corrected chi connectivity index (χ1v) is 8.87. The largest absolute Gasteiger partial charge is 0.478 e. The molecular weight excluding hydrogens is 374 g/mol. The Labute approximate surface area is 169 Å². The van der Waals surface area contributed by atoms with Crippen LogP contribution in [0.3, 0.4) is 0 Å². The SMILES string of the molecule is NCCNC(=O)CN(Cc1ccccc1)c1ccccc1.O=C(O)C=CC(=O)O. The van der Waals surface area contributed by atoms with Crippen molar-refractivity contribution in [3.63, 3.8) is 0 Å². The molecule has 0 atom stereocenters. The molecule has 0 aliphatic carbocycles. The third kappa shape index (κ3) is 10.9. The van der Waals surface area contributed by atoms with E-state index < -0.39 is 11.9 Å². The molecule has 2 aromatic carbocycles. The van der Waals surface area contributed by atoms with E-state index in [1.165, 1.54) is 5.56 Å². The normalized spacial score (nSPS) is 9.97. The highest BCUT2D eigenvalue weighted by atomic mass is 16.4. The standard InChI is InChI=1S/C17H21N3O.C4H4O4/c18-11-12-19-17(21)14-20(16-9-5-2-6-10-16)13-15-7-3-1-4-8-15;5-3(6)1-2-4(7)8/h1-10H,11-14,18H2,(H,19,21);1-2H,(H,5,6)(H,7,8). The van der Waals surface area contributed by atoms with Crippen molar-refractivity contribution in [2.75, 3.05) is 24.5 Å². The van der Waals surface area contributed by atoms with E-state index in [-0.39, 0.29) is 5.91 Å². The topological polar surface area (TPSA) is 133 Å². The van der Waals surface area contributed by atoms with Crippen LogP contribution in [0, 0.1) is 0 Å². The molecule has 0 aliphatic rings. The molecule has 0 aliphatic heterocycles. The van der Waals surface area contributed by atoms with Gasteiger partial charge >= 0.3 is 11.9 Å². The van der Waals surface area contributed by atoms with Gasteiger partial charge in [-0.3, -0.25) is 4.79 Å². The summed E-state index contributed by atoms with van der Waals surface area (Å²) in [5.41, 5.74) is 7.62. The molecule has 8 heteroatoms. The van der Waals surface area contributed by atoms with E-state index >= 15 is 0 Å². The van der Waals surface area contributed by atoms with Crippen LogP contribution in [0.1, 0.15) is 5.56 Å². The van der Waals surface area contributed by atoms with Gasteiger partial charge in [0.15, 0.2) is 0 Å². The van der Waals surface area contributed by atoms with E-state index in [9.17, 15) is 14.4 Å². The van der Waals surface area contributed by atoms with Gasteiger partial charge in [0, 0.05) is 37.5 Å². The van der Waals surface area contributed by atoms with Crippen LogP contribution in [0.5, 0.6) is 0 Å². The van der Waals surface area contributed by atoms with E-state index in [0.717, 1.165) is 5.69 Å². The monoisotopic (exact) mass is 399 g/mol.